The molecular weight excluding hydrogens is 436 g/mol. The first kappa shape index (κ1) is 20.6. The third-order valence-corrected chi connectivity index (χ3v) is 5.62. The van der Waals surface area contributed by atoms with E-state index in [0.29, 0.717) is 22.1 Å². The number of nitriles is 1. The van der Waals surface area contributed by atoms with E-state index in [2.05, 4.69) is 26.7 Å². The number of nitrogens with zero attached hydrogens (tertiary/aromatic N) is 3. The van der Waals surface area contributed by atoms with E-state index in [9.17, 15) is 8.42 Å². The molecule has 4 rings (SSSR count). The summed E-state index contributed by atoms with van der Waals surface area (Å²) in [5, 5.41) is 22.5. The molecule has 1 aromatic heterocycles. The van der Waals surface area contributed by atoms with Crippen molar-refractivity contribution >= 4 is 55.5 Å². The first-order valence-electron chi connectivity index (χ1n) is 8.95. The number of rotatable bonds is 5. The second-order valence-electron chi connectivity index (χ2n) is 6.60. The number of nitrogens with two attached hydrogens (primary N) is 1. The van der Waals surface area contributed by atoms with Gasteiger partial charge in [-0.3, -0.25) is 0 Å². The Labute approximate surface area is 183 Å². The van der Waals surface area contributed by atoms with Crippen LogP contribution in [0.5, 0.6) is 0 Å². The van der Waals surface area contributed by atoms with Crippen LogP contribution in [-0.4, -0.2) is 18.4 Å². The second-order valence-corrected chi connectivity index (χ2v) is 8.57. The Balaban J connectivity index is 1.56. The number of aromatic nitrogens is 2. The molecular formula is C21H15ClN6O2S. The van der Waals surface area contributed by atoms with Crippen LogP contribution in [0.25, 0.3) is 10.8 Å². The number of sulfonamides is 1. The third-order valence-electron chi connectivity index (χ3n) is 4.42. The van der Waals surface area contributed by atoms with Crippen LogP contribution in [0.4, 0.5) is 23.1 Å². The summed E-state index contributed by atoms with van der Waals surface area (Å²) in [7, 11) is -3.76. The molecule has 0 fully saturated rings. The van der Waals surface area contributed by atoms with Crippen molar-refractivity contribution in [1.82, 2.24) is 9.97 Å². The topological polar surface area (TPSA) is 134 Å². The van der Waals surface area contributed by atoms with Crippen LogP contribution in [-0.2, 0) is 10.0 Å². The van der Waals surface area contributed by atoms with Crippen molar-refractivity contribution in [3.8, 4) is 6.07 Å². The van der Waals surface area contributed by atoms with E-state index in [1.165, 1.54) is 18.3 Å². The van der Waals surface area contributed by atoms with Gasteiger partial charge in [0.15, 0.2) is 5.82 Å². The monoisotopic (exact) mass is 450 g/mol. The lowest BCUT2D eigenvalue weighted by Crippen LogP contribution is -2.11. The molecule has 0 aliphatic heterocycles. The van der Waals surface area contributed by atoms with Crippen molar-refractivity contribution in [2.75, 3.05) is 10.6 Å². The van der Waals surface area contributed by atoms with Gasteiger partial charge in [0, 0.05) is 11.4 Å². The fraction of sp³-hybridized carbons (Fsp3) is 0. The van der Waals surface area contributed by atoms with Crippen LogP contribution in [0.15, 0.2) is 71.8 Å². The third kappa shape index (κ3) is 4.73. The van der Waals surface area contributed by atoms with Crippen LogP contribution in [0.1, 0.15) is 5.56 Å². The molecule has 31 heavy (non-hydrogen) atoms. The van der Waals surface area contributed by atoms with E-state index in [-0.39, 0.29) is 10.8 Å². The summed E-state index contributed by atoms with van der Waals surface area (Å²) >= 11 is 6.25. The number of benzene rings is 3. The van der Waals surface area contributed by atoms with Crippen molar-refractivity contribution in [3.05, 3.63) is 77.4 Å². The Morgan fingerprint density at radius 1 is 0.935 bits per heavy atom. The summed E-state index contributed by atoms with van der Waals surface area (Å²) in [6.07, 6.45) is 1.46. The molecule has 8 nitrogen and oxygen atoms in total. The van der Waals surface area contributed by atoms with Gasteiger partial charge in [0.2, 0.25) is 16.0 Å². The Kier molecular flexibility index (Phi) is 5.44. The molecule has 4 aromatic rings. The number of halogens is 1. The number of hydrogen-bond donors (Lipinski definition) is 3. The molecule has 0 amide bonds. The molecule has 154 valence electrons. The number of primary sulfonamides is 1. The van der Waals surface area contributed by atoms with Gasteiger partial charge in [0.1, 0.15) is 5.02 Å². The summed E-state index contributed by atoms with van der Waals surface area (Å²) in [5.41, 5.74) is 1.95. The molecule has 0 saturated carbocycles. The Hall–Kier alpha value is -3.71. The van der Waals surface area contributed by atoms with Gasteiger partial charge in [0.25, 0.3) is 0 Å². The average molecular weight is 451 g/mol. The van der Waals surface area contributed by atoms with Gasteiger partial charge < -0.3 is 10.6 Å². The Morgan fingerprint density at radius 2 is 1.61 bits per heavy atom. The smallest absolute Gasteiger partial charge is 0.238 e. The zero-order valence-corrected chi connectivity index (χ0v) is 17.4. The summed E-state index contributed by atoms with van der Waals surface area (Å²) < 4.78 is 22.7. The maximum atomic E-state index is 11.4. The molecule has 0 unspecified atom stereocenters. The molecule has 0 saturated heterocycles. The van der Waals surface area contributed by atoms with E-state index in [0.717, 1.165) is 16.5 Å². The highest BCUT2D eigenvalue weighted by atomic mass is 35.5. The van der Waals surface area contributed by atoms with E-state index >= 15 is 0 Å². The number of fused-ring (bicyclic) bond motifs is 1. The van der Waals surface area contributed by atoms with Gasteiger partial charge >= 0.3 is 0 Å². The summed E-state index contributed by atoms with van der Waals surface area (Å²) in [6.45, 7) is 0. The molecule has 0 radical (unpaired) electrons. The van der Waals surface area contributed by atoms with Gasteiger partial charge in [-0.1, -0.05) is 23.7 Å². The minimum absolute atomic E-state index is 0.00984. The summed E-state index contributed by atoms with van der Waals surface area (Å²) in [5.74, 6) is 0.669. The van der Waals surface area contributed by atoms with E-state index in [4.69, 9.17) is 22.0 Å². The zero-order chi connectivity index (χ0) is 22.0. The van der Waals surface area contributed by atoms with Crippen molar-refractivity contribution in [2.45, 2.75) is 4.90 Å². The Morgan fingerprint density at radius 3 is 2.32 bits per heavy atom. The average Bonchev–Trinajstić information content (AvgIpc) is 2.75. The van der Waals surface area contributed by atoms with Crippen LogP contribution in [0, 0.1) is 11.3 Å². The maximum Gasteiger partial charge on any atom is 0.238 e. The SMILES string of the molecule is N#Cc1ccc2cc(Nc3nc(Nc4ccc(S(N)(=O)=O)cc4)ncc3Cl)ccc2c1. The van der Waals surface area contributed by atoms with Crippen molar-refractivity contribution in [2.24, 2.45) is 5.14 Å². The van der Waals surface area contributed by atoms with Crippen LogP contribution < -0.4 is 15.8 Å². The predicted octanol–water partition coefficient (Wildman–Crippen LogP) is 4.29. The first-order chi connectivity index (χ1) is 14.8. The second kappa shape index (κ2) is 8.20. The highest BCUT2D eigenvalue weighted by Crippen LogP contribution is 2.27. The molecule has 4 N–H and O–H groups in total. The van der Waals surface area contributed by atoms with Crippen molar-refractivity contribution in [3.63, 3.8) is 0 Å². The van der Waals surface area contributed by atoms with Gasteiger partial charge in [-0.25, -0.2) is 18.5 Å². The quantitative estimate of drug-likeness (QED) is 0.412. The van der Waals surface area contributed by atoms with Gasteiger partial charge in [0.05, 0.1) is 22.7 Å². The van der Waals surface area contributed by atoms with Gasteiger partial charge in [-0.05, 0) is 59.3 Å². The molecule has 0 spiro atoms. The largest absolute Gasteiger partial charge is 0.339 e. The number of nitrogens with one attached hydrogen (secondary N) is 2. The minimum Gasteiger partial charge on any atom is -0.339 e. The summed E-state index contributed by atoms with van der Waals surface area (Å²) in [6, 6.07) is 19.2. The first-order valence-corrected chi connectivity index (χ1v) is 10.9. The maximum absolute atomic E-state index is 11.4. The molecule has 1 heterocycles. The number of hydrogen-bond acceptors (Lipinski definition) is 7. The standard InChI is InChI=1S/C21H15ClN6O2S/c22-19-12-25-21(27-16-5-7-18(8-6-16)31(24,29)30)28-20(19)26-17-4-3-14-9-13(11-23)1-2-15(14)10-17/h1-10,12H,(H2,24,29,30)(H2,25,26,27,28). The predicted molar refractivity (Wildman–Crippen MR) is 120 cm³/mol. The molecule has 0 atom stereocenters. The van der Waals surface area contributed by atoms with Crippen LogP contribution >= 0.6 is 11.6 Å². The fourth-order valence-corrected chi connectivity index (χ4v) is 3.56. The molecule has 0 aliphatic rings. The molecule has 0 bridgehead atoms. The lowest BCUT2D eigenvalue weighted by Gasteiger charge is -2.11. The van der Waals surface area contributed by atoms with Crippen molar-refractivity contribution in [1.29, 1.82) is 5.26 Å². The van der Waals surface area contributed by atoms with Gasteiger partial charge in [-0.2, -0.15) is 10.2 Å². The van der Waals surface area contributed by atoms with Gasteiger partial charge in [-0.15, -0.1) is 0 Å². The number of anilines is 4. The molecule has 0 aliphatic carbocycles. The normalized spacial score (nSPS) is 11.1. The summed E-state index contributed by atoms with van der Waals surface area (Å²) in [4.78, 5) is 8.55. The Bertz CT molecular complexity index is 1430. The molecule has 3 aromatic carbocycles. The highest BCUT2D eigenvalue weighted by molar-refractivity contribution is 7.89. The van der Waals surface area contributed by atoms with Crippen LogP contribution in [0.3, 0.4) is 0 Å². The fourth-order valence-electron chi connectivity index (χ4n) is 2.90. The van der Waals surface area contributed by atoms with E-state index in [1.54, 1.807) is 18.2 Å². The molecule has 10 heteroatoms. The highest BCUT2D eigenvalue weighted by Gasteiger charge is 2.09. The lowest BCUT2D eigenvalue weighted by atomic mass is 10.1. The van der Waals surface area contributed by atoms with E-state index in [1.807, 2.05) is 30.3 Å². The zero-order valence-electron chi connectivity index (χ0n) is 15.9. The lowest BCUT2D eigenvalue weighted by molar-refractivity contribution is 0.598. The minimum atomic E-state index is -3.76. The van der Waals surface area contributed by atoms with E-state index < -0.39 is 10.0 Å². The van der Waals surface area contributed by atoms with Crippen molar-refractivity contribution < 1.29 is 8.42 Å². The van der Waals surface area contributed by atoms with Crippen LogP contribution in [0.2, 0.25) is 5.02 Å².